The number of urea groups is 1. The van der Waals surface area contributed by atoms with E-state index in [4.69, 9.17) is 5.73 Å². The molecule has 0 bridgehead atoms. The van der Waals surface area contributed by atoms with Crippen LogP contribution in [-0.2, 0) is 0 Å². The highest BCUT2D eigenvalue weighted by Gasteiger charge is 2.38. The van der Waals surface area contributed by atoms with Crippen LogP contribution >= 0.6 is 0 Å². The molecule has 0 spiro atoms. The maximum atomic E-state index is 10.5. The third kappa shape index (κ3) is 1.62. The molecule has 1 aliphatic rings. The number of nitrogens with two attached hydrogens (primary N) is 1. The second-order valence-corrected chi connectivity index (χ2v) is 3.49. The van der Waals surface area contributed by atoms with Crippen molar-refractivity contribution in [1.82, 2.24) is 5.32 Å². The number of amides is 2. The summed E-state index contributed by atoms with van der Waals surface area (Å²) in [6.45, 7) is 4.02. The van der Waals surface area contributed by atoms with Crippen LogP contribution in [0.15, 0.2) is 0 Å². The number of hydrogen-bond acceptors (Lipinski definition) is 1. The first-order valence-electron chi connectivity index (χ1n) is 3.60. The average molecular weight is 142 g/mol. The molecule has 0 atom stereocenters. The predicted octanol–water partition coefficient (Wildman–Crippen LogP) is 0.843. The van der Waals surface area contributed by atoms with Gasteiger partial charge in [0.2, 0.25) is 0 Å². The Labute approximate surface area is 61.0 Å². The van der Waals surface area contributed by atoms with E-state index < -0.39 is 6.03 Å². The molecule has 0 unspecified atom stereocenters. The quantitative estimate of drug-likeness (QED) is 0.590. The van der Waals surface area contributed by atoms with E-state index >= 15 is 0 Å². The van der Waals surface area contributed by atoms with Crippen molar-refractivity contribution in [2.45, 2.75) is 32.2 Å². The zero-order chi connectivity index (χ0) is 7.78. The summed E-state index contributed by atoms with van der Waals surface area (Å²) < 4.78 is 0. The lowest BCUT2D eigenvalue weighted by atomic mass is 9.99. The van der Waals surface area contributed by atoms with Crippen LogP contribution in [0.3, 0.4) is 0 Å². The molecule has 3 N–H and O–H groups in total. The van der Waals surface area contributed by atoms with E-state index in [0.717, 1.165) is 0 Å². The number of hydrogen-bond donors (Lipinski definition) is 2. The fourth-order valence-corrected chi connectivity index (χ4v) is 1.22. The smallest absolute Gasteiger partial charge is 0.312 e. The highest BCUT2D eigenvalue weighted by atomic mass is 16.2. The first-order chi connectivity index (χ1) is 4.52. The van der Waals surface area contributed by atoms with Gasteiger partial charge in [-0.15, -0.1) is 0 Å². The number of nitrogens with one attached hydrogen (secondary N) is 1. The Morgan fingerprint density at radius 2 is 2.10 bits per heavy atom. The maximum absolute atomic E-state index is 10.5. The molecule has 0 aliphatic heterocycles. The Bertz CT molecular complexity index is 150. The van der Waals surface area contributed by atoms with E-state index in [2.05, 4.69) is 5.32 Å². The molecule has 3 heteroatoms. The fourth-order valence-electron chi connectivity index (χ4n) is 1.22. The van der Waals surface area contributed by atoms with Crippen LogP contribution in [0.5, 0.6) is 0 Å². The van der Waals surface area contributed by atoms with Gasteiger partial charge in [0.05, 0.1) is 0 Å². The molecule has 0 saturated heterocycles. The van der Waals surface area contributed by atoms with E-state index in [0.29, 0.717) is 5.92 Å². The highest BCUT2D eigenvalue weighted by molar-refractivity contribution is 5.72. The second kappa shape index (κ2) is 2.15. The van der Waals surface area contributed by atoms with Gasteiger partial charge in [-0.2, -0.15) is 0 Å². The standard InChI is InChI=1S/C7H14N2O/c1-7(2,5-3-4-5)9-6(8)10/h5H,3-4H2,1-2H3,(H3,8,9,10). The Morgan fingerprint density at radius 3 is 2.40 bits per heavy atom. The third-order valence-corrected chi connectivity index (χ3v) is 2.04. The predicted molar refractivity (Wildman–Crippen MR) is 39.5 cm³/mol. The molecule has 1 aliphatic carbocycles. The molecule has 2 amide bonds. The van der Waals surface area contributed by atoms with Crippen molar-refractivity contribution >= 4 is 6.03 Å². The molecule has 0 aromatic rings. The van der Waals surface area contributed by atoms with Crippen molar-refractivity contribution in [3.63, 3.8) is 0 Å². The van der Waals surface area contributed by atoms with Crippen LogP contribution in [-0.4, -0.2) is 11.6 Å². The van der Waals surface area contributed by atoms with Gasteiger partial charge in [0.1, 0.15) is 0 Å². The van der Waals surface area contributed by atoms with Gasteiger partial charge in [0.15, 0.2) is 0 Å². The second-order valence-electron chi connectivity index (χ2n) is 3.49. The topological polar surface area (TPSA) is 55.1 Å². The summed E-state index contributed by atoms with van der Waals surface area (Å²) >= 11 is 0. The monoisotopic (exact) mass is 142 g/mol. The average Bonchev–Trinajstić information content (AvgIpc) is 2.35. The van der Waals surface area contributed by atoms with Crippen LogP contribution < -0.4 is 11.1 Å². The lowest BCUT2D eigenvalue weighted by molar-refractivity contribution is 0.234. The Balaban J connectivity index is 2.41. The van der Waals surface area contributed by atoms with Crippen molar-refractivity contribution in [1.29, 1.82) is 0 Å². The van der Waals surface area contributed by atoms with Gasteiger partial charge in [0.25, 0.3) is 0 Å². The number of carbonyl (C=O) groups is 1. The van der Waals surface area contributed by atoms with Crippen molar-refractivity contribution in [2.75, 3.05) is 0 Å². The maximum Gasteiger partial charge on any atom is 0.312 e. The summed E-state index contributed by atoms with van der Waals surface area (Å²) in [6, 6.07) is -0.420. The van der Waals surface area contributed by atoms with Gasteiger partial charge in [-0.1, -0.05) is 0 Å². The number of carbonyl (C=O) groups excluding carboxylic acids is 1. The number of rotatable bonds is 2. The Morgan fingerprint density at radius 1 is 1.60 bits per heavy atom. The van der Waals surface area contributed by atoms with Crippen molar-refractivity contribution < 1.29 is 4.79 Å². The molecule has 0 aromatic heterocycles. The lowest BCUT2D eigenvalue weighted by Crippen LogP contribution is -2.47. The summed E-state index contributed by atoms with van der Waals surface area (Å²) in [5.74, 6) is 0.639. The van der Waals surface area contributed by atoms with Crippen molar-refractivity contribution in [3.05, 3.63) is 0 Å². The molecule has 10 heavy (non-hydrogen) atoms. The minimum atomic E-state index is -0.420. The summed E-state index contributed by atoms with van der Waals surface area (Å²) in [6.07, 6.45) is 2.43. The first kappa shape index (κ1) is 7.38. The number of primary amides is 1. The molecule has 3 nitrogen and oxygen atoms in total. The SMILES string of the molecule is CC(C)(NC(N)=O)C1CC1. The van der Waals surface area contributed by atoms with E-state index in [9.17, 15) is 4.79 Å². The normalized spacial score (nSPS) is 18.6. The van der Waals surface area contributed by atoms with Crippen LogP contribution in [0.25, 0.3) is 0 Å². The van der Waals surface area contributed by atoms with Crippen molar-refractivity contribution in [2.24, 2.45) is 11.7 Å². The van der Waals surface area contributed by atoms with Crippen LogP contribution in [0.2, 0.25) is 0 Å². The molecule has 1 rings (SSSR count). The summed E-state index contributed by atoms with van der Waals surface area (Å²) in [4.78, 5) is 10.5. The summed E-state index contributed by atoms with van der Waals surface area (Å²) in [5.41, 5.74) is 4.90. The summed E-state index contributed by atoms with van der Waals surface area (Å²) in [7, 11) is 0. The van der Waals surface area contributed by atoms with Crippen LogP contribution in [0, 0.1) is 5.92 Å². The van der Waals surface area contributed by atoms with Gasteiger partial charge >= 0.3 is 6.03 Å². The molecule has 0 aromatic carbocycles. The molecular weight excluding hydrogens is 128 g/mol. The van der Waals surface area contributed by atoms with E-state index in [-0.39, 0.29) is 5.54 Å². The zero-order valence-corrected chi connectivity index (χ0v) is 6.48. The molecule has 1 saturated carbocycles. The van der Waals surface area contributed by atoms with Crippen LogP contribution in [0.4, 0.5) is 4.79 Å². The first-order valence-corrected chi connectivity index (χ1v) is 3.60. The van der Waals surface area contributed by atoms with Crippen LogP contribution in [0.1, 0.15) is 26.7 Å². The molecule has 1 fully saturated rings. The van der Waals surface area contributed by atoms with E-state index in [1.165, 1.54) is 12.8 Å². The van der Waals surface area contributed by atoms with Gasteiger partial charge in [-0.25, -0.2) is 4.79 Å². The van der Waals surface area contributed by atoms with E-state index in [1.54, 1.807) is 0 Å². The minimum absolute atomic E-state index is 0.0914. The van der Waals surface area contributed by atoms with Gasteiger partial charge in [-0.3, -0.25) is 0 Å². The Kier molecular flexibility index (Phi) is 1.58. The van der Waals surface area contributed by atoms with Gasteiger partial charge in [-0.05, 0) is 32.6 Å². The zero-order valence-electron chi connectivity index (χ0n) is 6.48. The van der Waals surface area contributed by atoms with Gasteiger partial charge in [0, 0.05) is 5.54 Å². The highest BCUT2D eigenvalue weighted by Crippen LogP contribution is 2.38. The molecule has 0 radical (unpaired) electrons. The largest absolute Gasteiger partial charge is 0.352 e. The molecular formula is C7H14N2O. The van der Waals surface area contributed by atoms with Gasteiger partial charge < -0.3 is 11.1 Å². The lowest BCUT2D eigenvalue weighted by Gasteiger charge is -2.24. The molecule has 0 heterocycles. The molecule has 58 valence electrons. The minimum Gasteiger partial charge on any atom is -0.352 e. The van der Waals surface area contributed by atoms with Crippen molar-refractivity contribution in [3.8, 4) is 0 Å². The summed E-state index contributed by atoms with van der Waals surface area (Å²) in [5, 5.41) is 2.72. The fraction of sp³-hybridized carbons (Fsp3) is 0.857. The Hall–Kier alpha value is -0.730. The third-order valence-electron chi connectivity index (χ3n) is 2.04. The van der Waals surface area contributed by atoms with E-state index in [1.807, 2.05) is 13.8 Å².